The molecule has 4 nitrogen and oxygen atoms in total. The van der Waals surface area contributed by atoms with Gasteiger partial charge in [-0.2, -0.15) is 0 Å². The van der Waals surface area contributed by atoms with Gasteiger partial charge in [-0.3, -0.25) is 9.78 Å². The van der Waals surface area contributed by atoms with E-state index in [0.717, 1.165) is 16.6 Å². The first-order chi connectivity index (χ1) is 11.5. The van der Waals surface area contributed by atoms with Crippen LogP contribution in [-0.4, -0.2) is 17.0 Å². The molecule has 0 spiro atoms. The van der Waals surface area contributed by atoms with Gasteiger partial charge in [0.2, 0.25) is 0 Å². The number of hydrogen-bond donors (Lipinski definition) is 1. The number of aromatic nitrogens is 1. The number of para-hydroxylation sites is 2. The molecule has 0 aliphatic rings. The Morgan fingerprint density at radius 1 is 1.12 bits per heavy atom. The third kappa shape index (κ3) is 3.49. The number of aryl methyl sites for hydroxylation is 1. The van der Waals surface area contributed by atoms with Gasteiger partial charge in [-0.25, -0.2) is 0 Å². The summed E-state index contributed by atoms with van der Waals surface area (Å²) < 4.78 is 5.65. The lowest BCUT2D eigenvalue weighted by Gasteiger charge is -2.16. The molecule has 0 aliphatic heterocycles. The second kappa shape index (κ2) is 6.89. The van der Waals surface area contributed by atoms with E-state index in [1.807, 2.05) is 49.4 Å². The fourth-order valence-corrected chi connectivity index (χ4v) is 2.54. The van der Waals surface area contributed by atoms with E-state index in [9.17, 15) is 4.79 Å². The van der Waals surface area contributed by atoms with Crippen molar-refractivity contribution in [3.8, 4) is 5.75 Å². The molecule has 1 heterocycles. The molecule has 1 atom stereocenters. The van der Waals surface area contributed by atoms with Gasteiger partial charge in [0.05, 0.1) is 16.2 Å². The maximum Gasteiger partial charge on any atom is 0.265 e. The quantitative estimate of drug-likeness (QED) is 0.755. The highest BCUT2D eigenvalue weighted by Gasteiger charge is 2.17. The summed E-state index contributed by atoms with van der Waals surface area (Å²) in [5, 5.41) is 4.32. The minimum absolute atomic E-state index is 0.259. The number of rotatable bonds is 4. The summed E-state index contributed by atoms with van der Waals surface area (Å²) in [5.41, 5.74) is 2.32. The topological polar surface area (TPSA) is 51.2 Å². The lowest BCUT2D eigenvalue weighted by atomic mass is 10.1. The predicted octanol–water partition coefficient (Wildman–Crippen LogP) is 4.60. The Morgan fingerprint density at radius 2 is 1.92 bits per heavy atom. The van der Waals surface area contributed by atoms with Crippen LogP contribution >= 0.6 is 11.6 Å². The smallest absolute Gasteiger partial charge is 0.265 e. The van der Waals surface area contributed by atoms with Crippen molar-refractivity contribution in [2.75, 3.05) is 5.32 Å². The molecule has 0 saturated heterocycles. The summed E-state index contributed by atoms with van der Waals surface area (Å²) in [5.74, 6) is 0.222. The Morgan fingerprint density at radius 3 is 2.71 bits per heavy atom. The molecule has 0 bridgehead atoms. The third-order valence-electron chi connectivity index (χ3n) is 3.63. The minimum Gasteiger partial charge on any atom is -0.479 e. The highest BCUT2D eigenvalue weighted by molar-refractivity contribution is 6.32. The molecule has 0 saturated carbocycles. The second-order valence-electron chi connectivity index (χ2n) is 5.51. The Bertz CT molecular complexity index is 895. The number of nitrogens with one attached hydrogen (secondary N) is 1. The molecular weight excluding hydrogens is 324 g/mol. The van der Waals surface area contributed by atoms with Crippen molar-refractivity contribution in [1.29, 1.82) is 0 Å². The first kappa shape index (κ1) is 16.3. The molecule has 2 aromatic carbocycles. The van der Waals surface area contributed by atoms with Crippen LogP contribution in [0.2, 0.25) is 5.02 Å². The molecule has 0 radical (unpaired) electrons. The monoisotopic (exact) mass is 340 g/mol. The van der Waals surface area contributed by atoms with E-state index in [-0.39, 0.29) is 5.91 Å². The maximum absolute atomic E-state index is 12.4. The number of hydrogen-bond acceptors (Lipinski definition) is 3. The van der Waals surface area contributed by atoms with Crippen LogP contribution in [-0.2, 0) is 4.79 Å². The second-order valence-corrected chi connectivity index (χ2v) is 5.92. The molecule has 0 fully saturated rings. The number of fused-ring (bicyclic) bond motifs is 1. The largest absolute Gasteiger partial charge is 0.479 e. The minimum atomic E-state index is -0.690. The number of halogens is 1. The van der Waals surface area contributed by atoms with Crippen LogP contribution in [0.1, 0.15) is 12.6 Å². The average molecular weight is 341 g/mol. The highest BCUT2D eigenvalue weighted by atomic mass is 35.5. The highest BCUT2D eigenvalue weighted by Crippen LogP contribution is 2.25. The lowest BCUT2D eigenvalue weighted by molar-refractivity contribution is -0.122. The summed E-state index contributed by atoms with van der Waals surface area (Å²) in [4.78, 5) is 17.0. The zero-order valence-corrected chi connectivity index (χ0v) is 14.2. The van der Waals surface area contributed by atoms with Crippen molar-refractivity contribution >= 4 is 34.1 Å². The molecule has 3 rings (SSSR count). The van der Waals surface area contributed by atoms with Crippen LogP contribution in [0.4, 0.5) is 5.69 Å². The number of carbonyl (C=O) groups excluding carboxylic acids is 1. The Labute approximate surface area is 145 Å². The number of benzene rings is 2. The van der Waals surface area contributed by atoms with Crippen molar-refractivity contribution in [3.05, 3.63) is 65.3 Å². The zero-order chi connectivity index (χ0) is 17.1. The van der Waals surface area contributed by atoms with E-state index in [1.165, 1.54) is 0 Å². The number of anilines is 1. The standard InChI is InChI=1S/C19H17ClN2O2/c1-12-10-11-14-6-5-8-16(18(14)21-12)22-19(23)13(2)24-17-9-4-3-7-15(17)20/h3-11,13H,1-2H3,(H,22,23). The fraction of sp³-hybridized carbons (Fsp3) is 0.158. The summed E-state index contributed by atoms with van der Waals surface area (Å²) in [6.45, 7) is 3.60. The van der Waals surface area contributed by atoms with E-state index >= 15 is 0 Å². The molecule has 24 heavy (non-hydrogen) atoms. The van der Waals surface area contributed by atoms with Gasteiger partial charge in [-0.15, -0.1) is 0 Å². The Hall–Kier alpha value is -2.59. The molecule has 1 amide bonds. The fourth-order valence-electron chi connectivity index (χ4n) is 2.36. The molecule has 1 unspecified atom stereocenters. The van der Waals surface area contributed by atoms with Crippen LogP contribution in [0, 0.1) is 6.92 Å². The van der Waals surface area contributed by atoms with E-state index in [0.29, 0.717) is 16.5 Å². The van der Waals surface area contributed by atoms with Gasteiger partial charge in [0.1, 0.15) is 5.75 Å². The van der Waals surface area contributed by atoms with Crippen molar-refractivity contribution in [3.63, 3.8) is 0 Å². The van der Waals surface area contributed by atoms with Crippen LogP contribution < -0.4 is 10.1 Å². The predicted molar refractivity (Wildman–Crippen MR) is 96.7 cm³/mol. The van der Waals surface area contributed by atoms with Crippen LogP contribution in [0.25, 0.3) is 10.9 Å². The van der Waals surface area contributed by atoms with Gasteiger partial charge in [-0.05, 0) is 38.1 Å². The molecule has 1 N–H and O–H groups in total. The first-order valence-corrected chi connectivity index (χ1v) is 8.01. The number of ether oxygens (including phenoxy) is 1. The van der Waals surface area contributed by atoms with E-state index in [1.54, 1.807) is 19.1 Å². The summed E-state index contributed by atoms with van der Waals surface area (Å²) in [7, 11) is 0. The molecule has 5 heteroatoms. The van der Waals surface area contributed by atoms with Crippen LogP contribution in [0.5, 0.6) is 5.75 Å². The van der Waals surface area contributed by atoms with Crippen molar-refractivity contribution in [1.82, 2.24) is 4.98 Å². The van der Waals surface area contributed by atoms with Gasteiger partial charge in [0.25, 0.3) is 5.91 Å². The van der Waals surface area contributed by atoms with Crippen molar-refractivity contribution < 1.29 is 9.53 Å². The Kier molecular flexibility index (Phi) is 4.67. The van der Waals surface area contributed by atoms with E-state index in [4.69, 9.17) is 16.3 Å². The third-order valence-corrected chi connectivity index (χ3v) is 3.94. The maximum atomic E-state index is 12.4. The van der Waals surface area contributed by atoms with Gasteiger partial charge in [0, 0.05) is 11.1 Å². The number of nitrogens with zero attached hydrogens (tertiary/aromatic N) is 1. The molecule has 3 aromatic rings. The van der Waals surface area contributed by atoms with Crippen LogP contribution in [0.3, 0.4) is 0 Å². The van der Waals surface area contributed by atoms with Gasteiger partial charge < -0.3 is 10.1 Å². The van der Waals surface area contributed by atoms with Crippen molar-refractivity contribution in [2.24, 2.45) is 0 Å². The number of amides is 1. The normalized spacial score (nSPS) is 12.0. The zero-order valence-electron chi connectivity index (χ0n) is 13.4. The summed E-state index contributed by atoms with van der Waals surface area (Å²) in [6, 6.07) is 16.7. The summed E-state index contributed by atoms with van der Waals surface area (Å²) in [6.07, 6.45) is -0.690. The van der Waals surface area contributed by atoms with Gasteiger partial charge in [0.15, 0.2) is 6.10 Å². The molecule has 122 valence electrons. The molecular formula is C19H17ClN2O2. The SMILES string of the molecule is Cc1ccc2cccc(NC(=O)C(C)Oc3ccccc3Cl)c2n1. The average Bonchev–Trinajstić information content (AvgIpc) is 2.57. The number of carbonyl (C=O) groups is 1. The van der Waals surface area contributed by atoms with Gasteiger partial charge >= 0.3 is 0 Å². The number of pyridine rings is 1. The molecule has 0 aliphatic carbocycles. The molecule has 1 aromatic heterocycles. The summed E-state index contributed by atoms with van der Waals surface area (Å²) >= 11 is 6.06. The Balaban J connectivity index is 1.80. The van der Waals surface area contributed by atoms with Crippen LogP contribution in [0.15, 0.2) is 54.6 Å². The van der Waals surface area contributed by atoms with Crippen molar-refractivity contribution in [2.45, 2.75) is 20.0 Å². The lowest BCUT2D eigenvalue weighted by Crippen LogP contribution is -2.30. The van der Waals surface area contributed by atoms with E-state index in [2.05, 4.69) is 10.3 Å². The van der Waals surface area contributed by atoms with Gasteiger partial charge in [-0.1, -0.05) is 41.9 Å². The first-order valence-electron chi connectivity index (χ1n) is 7.63. The van der Waals surface area contributed by atoms with E-state index < -0.39 is 6.10 Å².